The molecule has 0 bridgehead atoms. The van der Waals surface area contributed by atoms with E-state index < -0.39 is 22.0 Å². The van der Waals surface area contributed by atoms with Gasteiger partial charge in [0.1, 0.15) is 5.82 Å². The summed E-state index contributed by atoms with van der Waals surface area (Å²) in [7, 11) is -2.42. The van der Waals surface area contributed by atoms with Crippen LogP contribution in [-0.4, -0.2) is 42.2 Å². The van der Waals surface area contributed by atoms with Gasteiger partial charge in [0.05, 0.1) is 28.5 Å². The first kappa shape index (κ1) is 19.3. The van der Waals surface area contributed by atoms with Gasteiger partial charge in [-0.1, -0.05) is 23.7 Å². The molecule has 0 radical (unpaired) electrons. The summed E-state index contributed by atoms with van der Waals surface area (Å²) in [5.74, 6) is 0.177. The van der Waals surface area contributed by atoms with Crippen molar-refractivity contribution in [2.75, 3.05) is 13.6 Å². The minimum absolute atomic E-state index is 0.0764. The predicted molar refractivity (Wildman–Crippen MR) is 104 cm³/mol. The Labute approximate surface area is 162 Å². The Kier molecular flexibility index (Phi) is 5.50. The van der Waals surface area contributed by atoms with E-state index in [1.807, 2.05) is 24.3 Å². The van der Waals surface area contributed by atoms with Crippen molar-refractivity contribution in [3.05, 3.63) is 59.4 Å². The summed E-state index contributed by atoms with van der Waals surface area (Å²) in [4.78, 5) is 20.0. The molecule has 9 heteroatoms. The summed E-state index contributed by atoms with van der Waals surface area (Å²) in [6.07, 6.45) is 0. The number of sulfonamides is 1. The van der Waals surface area contributed by atoms with Crippen LogP contribution >= 0.6 is 11.6 Å². The molecule has 1 atom stereocenters. The summed E-state index contributed by atoms with van der Waals surface area (Å²) in [5, 5.41) is 3.20. The lowest BCUT2D eigenvalue weighted by Crippen LogP contribution is -2.39. The zero-order valence-electron chi connectivity index (χ0n) is 14.8. The predicted octanol–water partition coefficient (Wildman–Crippen LogP) is 2.71. The standard InChI is InChI=1S/C18H19ClN4O3S/c1-12(18-21-15-5-3-4-6-16(15)22-18)20-17(24)11-23(2)27(25,26)14-9-7-13(19)8-10-14/h3-10,12H,11H2,1-2H3,(H,20,24)(H,21,22). The molecular formula is C18H19ClN4O3S. The fourth-order valence-corrected chi connectivity index (χ4v) is 3.86. The SMILES string of the molecule is CC(NC(=O)CN(C)S(=O)(=O)c1ccc(Cl)cc1)c1nc2ccccc2[nH]1. The number of rotatable bonds is 6. The van der Waals surface area contributed by atoms with Crippen molar-refractivity contribution in [1.29, 1.82) is 0 Å². The Hall–Kier alpha value is -2.42. The lowest BCUT2D eigenvalue weighted by Gasteiger charge is -2.18. The van der Waals surface area contributed by atoms with Gasteiger partial charge < -0.3 is 10.3 Å². The van der Waals surface area contributed by atoms with Gasteiger partial charge in [0.2, 0.25) is 15.9 Å². The number of benzene rings is 2. The number of halogens is 1. The van der Waals surface area contributed by atoms with Crippen LogP contribution in [0.2, 0.25) is 5.02 Å². The smallest absolute Gasteiger partial charge is 0.243 e. The van der Waals surface area contributed by atoms with E-state index in [1.165, 1.54) is 31.3 Å². The van der Waals surface area contributed by atoms with Gasteiger partial charge in [-0.15, -0.1) is 0 Å². The van der Waals surface area contributed by atoms with Gasteiger partial charge in [0, 0.05) is 12.1 Å². The van der Waals surface area contributed by atoms with Gasteiger partial charge in [-0.25, -0.2) is 13.4 Å². The molecule has 0 saturated heterocycles. The van der Waals surface area contributed by atoms with Gasteiger partial charge in [-0.05, 0) is 43.3 Å². The van der Waals surface area contributed by atoms with Crippen molar-refractivity contribution in [1.82, 2.24) is 19.6 Å². The second kappa shape index (κ2) is 7.67. The van der Waals surface area contributed by atoms with Crippen molar-refractivity contribution in [3.8, 4) is 0 Å². The minimum Gasteiger partial charge on any atom is -0.345 e. The fraction of sp³-hybridized carbons (Fsp3) is 0.222. The van der Waals surface area contributed by atoms with Crippen molar-refractivity contribution in [2.45, 2.75) is 17.9 Å². The van der Waals surface area contributed by atoms with E-state index in [-0.39, 0.29) is 11.4 Å². The Morgan fingerprint density at radius 3 is 2.56 bits per heavy atom. The van der Waals surface area contributed by atoms with Crippen LogP contribution in [0.5, 0.6) is 0 Å². The highest BCUT2D eigenvalue weighted by molar-refractivity contribution is 7.89. The summed E-state index contributed by atoms with van der Waals surface area (Å²) in [5.41, 5.74) is 1.67. The molecule has 0 saturated carbocycles. The van der Waals surface area contributed by atoms with Gasteiger partial charge in [0.15, 0.2) is 0 Å². The van der Waals surface area contributed by atoms with Crippen LogP contribution in [0.3, 0.4) is 0 Å². The second-order valence-electron chi connectivity index (χ2n) is 6.14. The summed E-state index contributed by atoms with van der Waals surface area (Å²) >= 11 is 5.79. The Bertz CT molecular complexity index is 1030. The molecule has 3 aromatic rings. The van der Waals surface area contributed by atoms with Crippen LogP contribution in [0.25, 0.3) is 11.0 Å². The van der Waals surface area contributed by atoms with Gasteiger partial charge >= 0.3 is 0 Å². The molecule has 1 amide bonds. The van der Waals surface area contributed by atoms with Crippen molar-refractivity contribution >= 4 is 38.6 Å². The number of H-pyrrole nitrogens is 1. The van der Waals surface area contributed by atoms with Crippen LogP contribution in [0.4, 0.5) is 0 Å². The molecule has 2 aromatic carbocycles. The van der Waals surface area contributed by atoms with E-state index in [4.69, 9.17) is 11.6 Å². The lowest BCUT2D eigenvalue weighted by molar-refractivity contribution is -0.121. The Morgan fingerprint density at radius 1 is 1.22 bits per heavy atom. The first-order valence-electron chi connectivity index (χ1n) is 8.23. The van der Waals surface area contributed by atoms with Gasteiger partial charge in [-0.3, -0.25) is 4.79 Å². The third kappa shape index (κ3) is 4.29. The third-order valence-corrected chi connectivity index (χ3v) is 6.15. The highest BCUT2D eigenvalue weighted by Gasteiger charge is 2.24. The highest BCUT2D eigenvalue weighted by atomic mass is 35.5. The molecule has 0 aliphatic rings. The molecule has 7 nitrogen and oxygen atoms in total. The first-order valence-corrected chi connectivity index (χ1v) is 10.0. The molecule has 3 rings (SSSR count). The number of amides is 1. The molecule has 2 N–H and O–H groups in total. The van der Waals surface area contributed by atoms with Crippen molar-refractivity contribution in [3.63, 3.8) is 0 Å². The lowest BCUT2D eigenvalue weighted by atomic mass is 10.3. The van der Waals surface area contributed by atoms with Crippen LogP contribution in [0.15, 0.2) is 53.4 Å². The average Bonchev–Trinajstić information content (AvgIpc) is 3.06. The maximum absolute atomic E-state index is 12.5. The van der Waals surface area contributed by atoms with Gasteiger partial charge in [0.25, 0.3) is 0 Å². The normalized spacial score (nSPS) is 13.0. The molecule has 0 spiro atoms. The Morgan fingerprint density at radius 2 is 1.89 bits per heavy atom. The molecule has 0 aliphatic heterocycles. The number of hydrogen-bond acceptors (Lipinski definition) is 4. The number of nitrogens with one attached hydrogen (secondary N) is 2. The van der Waals surface area contributed by atoms with E-state index in [1.54, 1.807) is 6.92 Å². The van der Waals surface area contributed by atoms with Crippen molar-refractivity contribution < 1.29 is 13.2 Å². The molecule has 1 heterocycles. The van der Waals surface area contributed by atoms with Crippen LogP contribution in [-0.2, 0) is 14.8 Å². The van der Waals surface area contributed by atoms with E-state index >= 15 is 0 Å². The number of nitrogens with zero attached hydrogens (tertiary/aromatic N) is 2. The topological polar surface area (TPSA) is 95.2 Å². The number of para-hydroxylation sites is 2. The third-order valence-electron chi connectivity index (χ3n) is 4.08. The number of likely N-dealkylation sites (N-methyl/N-ethyl adjacent to an activating group) is 1. The van der Waals surface area contributed by atoms with Crippen molar-refractivity contribution in [2.24, 2.45) is 0 Å². The number of aromatic nitrogens is 2. The zero-order valence-corrected chi connectivity index (χ0v) is 16.4. The first-order chi connectivity index (χ1) is 12.8. The summed E-state index contributed by atoms with van der Waals surface area (Å²) in [6, 6.07) is 12.9. The number of hydrogen-bond donors (Lipinski definition) is 2. The molecule has 1 unspecified atom stereocenters. The van der Waals surface area contributed by atoms with Crippen LogP contribution < -0.4 is 5.32 Å². The molecule has 0 aliphatic carbocycles. The number of carbonyl (C=O) groups excluding carboxylic acids is 1. The molecule has 27 heavy (non-hydrogen) atoms. The van der Waals surface area contributed by atoms with Crippen LogP contribution in [0, 0.1) is 0 Å². The van der Waals surface area contributed by atoms with E-state index in [2.05, 4.69) is 15.3 Å². The van der Waals surface area contributed by atoms with Gasteiger partial charge in [-0.2, -0.15) is 4.31 Å². The number of carbonyl (C=O) groups is 1. The average molecular weight is 407 g/mol. The summed E-state index contributed by atoms with van der Waals surface area (Å²) in [6.45, 7) is 1.47. The fourth-order valence-electron chi connectivity index (χ4n) is 2.61. The van der Waals surface area contributed by atoms with Crippen LogP contribution in [0.1, 0.15) is 18.8 Å². The minimum atomic E-state index is -3.78. The number of imidazole rings is 1. The monoisotopic (exact) mass is 406 g/mol. The second-order valence-corrected chi connectivity index (χ2v) is 8.62. The van der Waals surface area contributed by atoms with E-state index in [0.717, 1.165) is 15.3 Å². The molecule has 142 valence electrons. The Balaban J connectivity index is 1.66. The maximum Gasteiger partial charge on any atom is 0.243 e. The van der Waals surface area contributed by atoms with E-state index in [9.17, 15) is 13.2 Å². The molecule has 1 aromatic heterocycles. The zero-order chi connectivity index (χ0) is 19.6. The number of fused-ring (bicyclic) bond motifs is 1. The highest BCUT2D eigenvalue weighted by Crippen LogP contribution is 2.18. The molecule has 0 fully saturated rings. The largest absolute Gasteiger partial charge is 0.345 e. The molecular weight excluding hydrogens is 388 g/mol. The quantitative estimate of drug-likeness (QED) is 0.657. The maximum atomic E-state index is 12.5. The van der Waals surface area contributed by atoms with E-state index in [0.29, 0.717) is 10.8 Å². The number of aromatic amines is 1. The summed E-state index contributed by atoms with van der Waals surface area (Å²) < 4.78 is 26.1.